The Labute approximate surface area is 177 Å². The van der Waals surface area contributed by atoms with Gasteiger partial charge in [-0.1, -0.05) is 5.16 Å². The first-order valence-corrected chi connectivity index (χ1v) is 10.7. The Kier molecular flexibility index (Phi) is 6.99. The van der Waals surface area contributed by atoms with Crippen LogP contribution in [0.3, 0.4) is 0 Å². The molecule has 3 rings (SSSR count). The molecule has 0 radical (unpaired) electrons. The second-order valence-electron chi connectivity index (χ2n) is 8.59. The number of amides is 4. The molecule has 1 unspecified atom stereocenters. The highest BCUT2D eigenvalue weighted by molar-refractivity contribution is 5.80. The number of likely N-dealkylation sites (tertiary alicyclic amines) is 2. The molecule has 1 atom stereocenters. The summed E-state index contributed by atoms with van der Waals surface area (Å²) in [5, 5.41) is 7.12. The average molecular weight is 420 g/mol. The van der Waals surface area contributed by atoms with Crippen molar-refractivity contribution in [1.82, 2.24) is 25.2 Å². The number of nitrogens with zero attached hydrogens (tertiary/aromatic N) is 4. The predicted molar refractivity (Wildman–Crippen MR) is 111 cm³/mol. The zero-order chi connectivity index (χ0) is 21.8. The molecule has 2 aliphatic heterocycles. The highest BCUT2D eigenvalue weighted by atomic mass is 16.5. The summed E-state index contributed by atoms with van der Waals surface area (Å²) < 4.78 is 5.21. The summed E-state index contributed by atoms with van der Waals surface area (Å²) >= 11 is 0. The Morgan fingerprint density at radius 3 is 2.43 bits per heavy atom. The largest absolute Gasteiger partial charge is 0.361 e. The zero-order valence-electron chi connectivity index (χ0n) is 18.4. The van der Waals surface area contributed by atoms with E-state index in [4.69, 9.17) is 4.52 Å². The zero-order valence-corrected chi connectivity index (χ0v) is 18.4. The number of carbonyl (C=O) groups is 3. The molecule has 0 aromatic carbocycles. The number of carbonyl (C=O) groups excluding carboxylic acids is 3. The topological polar surface area (TPSA) is 99.0 Å². The third-order valence-electron chi connectivity index (χ3n) is 6.20. The van der Waals surface area contributed by atoms with Crippen molar-refractivity contribution in [3.05, 3.63) is 17.0 Å². The summed E-state index contributed by atoms with van der Waals surface area (Å²) in [6.07, 6.45) is 3.16. The number of urea groups is 1. The van der Waals surface area contributed by atoms with Gasteiger partial charge in [0.1, 0.15) is 5.76 Å². The van der Waals surface area contributed by atoms with E-state index in [9.17, 15) is 14.4 Å². The number of nitrogens with one attached hydrogen (secondary N) is 1. The summed E-state index contributed by atoms with van der Waals surface area (Å²) in [4.78, 5) is 42.6. The van der Waals surface area contributed by atoms with E-state index in [2.05, 4.69) is 10.5 Å². The van der Waals surface area contributed by atoms with E-state index in [0.29, 0.717) is 51.9 Å². The lowest BCUT2D eigenvalue weighted by Gasteiger charge is -2.33. The van der Waals surface area contributed by atoms with Gasteiger partial charge in [0.05, 0.1) is 12.2 Å². The first-order chi connectivity index (χ1) is 14.3. The number of hydrogen-bond acceptors (Lipinski definition) is 5. The van der Waals surface area contributed by atoms with E-state index in [-0.39, 0.29) is 29.8 Å². The summed E-state index contributed by atoms with van der Waals surface area (Å²) in [7, 11) is 3.48. The van der Waals surface area contributed by atoms with Crippen LogP contribution in [0.15, 0.2) is 4.52 Å². The lowest BCUT2D eigenvalue weighted by molar-refractivity contribution is -0.131. The Balaban J connectivity index is 1.49. The molecular formula is C21H33N5O4. The van der Waals surface area contributed by atoms with Crippen molar-refractivity contribution < 1.29 is 18.9 Å². The minimum Gasteiger partial charge on any atom is -0.361 e. The number of piperidine rings is 1. The summed E-state index contributed by atoms with van der Waals surface area (Å²) in [5.41, 5.74) is 1.78. The number of rotatable bonds is 4. The molecule has 30 heavy (non-hydrogen) atoms. The second kappa shape index (κ2) is 9.49. The molecule has 9 nitrogen and oxygen atoms in total. The Hall–Kier alpha value is -2.58. The number of hydrogen-bond donors (Lipinski definition) is 1. The fourth-order valence-corrected chi connectivity index (χ4v) is 4.20. The quantitative estimate of drug-likeness (QED) is 0.801. The van der Waals surface area contributed by atoms with E-state index in [1.165, 1.54) is 0 Å². The van der Waals surface area contributed by atoms with E-state index in [0.717, 1.165) is 23.4 Å². The van der Waals surface area contributed by atoms with Gasteiger partial charge in [0.2, 0.25) is 11.8 Å². The summed E-state index contributed by atoms with van der Waals surface area (Å²) in [6, 6.07) is -0.00733. The lowest BCUT2D eigenvalue weighted by atomic mass is 9.95. The summed E-state index contributed by atoms with van der Waals surface area (Å²) in [5.74, 6) is 0.813. The van der Waals surface area contributed by atoms with Crippen molar-refractivity contribution in [2.75, 3.05) is 33.7 Å². The van der Waals surface area contributed by atoms with Crippen LogP contribution < -0.4 is 5.32 Å². The maximum Gasteiger partial charge on any atom is 0.319 e. The third kappa shape index (κ3) is 5.12. The molecule has 2 saturated heterocycles. The molecule has 3 heterocycles. The van der Waals surface area contributed by atoms with Crippen LogP contribution in [-0.2, 0) is 16.1 Å². The lowest BCUT2D eigenvalue weighted by Crippen LogP contribution is -2.47. The maximum atomic E-state index is 12.8. The SMILES string of the molecule is Cc1noc(C)c1CN1CCC(NC(=O)C2CCN(C(=O)N(C)C)CC2)CCC1=O. The Bertz CT molecular complexity index is 763. The minimum absolute atomic E-state index is 0.00226. The van der Waals surface area contributed by atoms with Crippen molar-refractivity contribution in [1.29, 1.82) is 0 Å². The van der Waals surface area contributed by atoms with Crippen LogP contribution in [0.25, 0.3) is 0 Å². The molecule has 0 aliphatic carbocycles. The van der Waals surface area contributed by atoms with Gasteiger partial charge in [-0.05, 0) is 39.5 Å². The molecule has 166 valence electrons. The normalized spacial score (nSPS) is 20.8. The van der Waals surface area contributed by atoms with Gasteiger partial charge < -0.3 is 24.5 Å². The molecule has 0 saturated carbocycles. The Morgan fingerprint density at radius 2 is 1.83 bits per heavy atom. The predicted octanol–water partition coefficient (Wildman–Crippen LogP) is 1.68. The smallest absolute Gasteiger partial charge is 0.319 e. The van der Waals surface area contributed by atoms with Gasteiger partial charge >= 0.3 is 6.03 Å². The molecule has 1 aromatic heterocycles. The van der Waals surface area contributed by atoms with Gasteiger partial charge in [0, 0.05) is 57.7 Å². The molecule has 4 amide bonds. The van der Waals surface area contributed by atoms with Gasteiger partial charge in [-0.25, -0.2) is 4.79 Å². The highest BCUT2D eigenvalue weighted by Crippen LogP contribution is 2.22. The van der Waals surface area contributed by atoms with E-state index < -0.39 is 0 Å². The molecule has 1 aromatic rings. The molecule has 2 fully saturated rings. The molecule has 0 bridgehead atoms. The maximum absolute atomic E-state index is 12.8. The van der Waals surface area contributed by atoms with Crippen LogP contribution in [0.1, 0.15) is 49.1 Å². The molecule has 9 heteroatoms. The van der Waals surface area contributed by atoms with Gasteiger partial charge in [0.15, 0.2) is 0 Å². The monoisotopic (exact) mass is 419 g/mol. The third-order valence-corrected chi connectivity index (χ3v) is 6.20. The van der Waals surface area contributed by atoms with E-state index >= 15 is 0 Å². The van der Waals surface area contributed by atoms with Crippen LogP contribution in [0.2, 0.25) is 0 Å². The highest BCUT2D eigenvalue weighted by Gasteiger charge is 2.30. The fourth-order valence-electron chi connectivity index (χ4n) is 4.20. The van der Waals surface area contributed by atoms with Crippen molar-refractivity contribution in [3.63, 3.8) is 0 Å². The second-order valence-corrected chi connectivity index (χ2v) is 8.59. The van der Waals surface area contributed by atoms with Crippen LogP contribution in [0.5, 0.6) is 0 Å². The molecule has 1 N–H and O–H groups in total. The number of aromatic nitrogens is 1. The Morgan fingerprint density at radius 1 is 1.13 bits per heavy atom. The van der Waals surface area contributed by atoms with Crippen LogP contribution in [0.4, 0.5) is 4.79 Å². The first-order valence-electron chi connectivity index (χ1n) is 10.7. The van der Waals surface area contributed by atoms with Gasteiger partial charge in [-0.3, -0.25) is 9.59 Å². The fraction of sp³-hybridized carbons (Fsp3) is 0.714. The molecule has 2 aliphatic rings. The van der Waals surface area contributed by atoms with Crippen LogP contribution in [0, 0.1) is 19.8 Å². The van der Waals surface area contributed by atoms with Crippen molar-refractivity contribution in [2.24, 2.45) is 5.92 Å². The van der Waals surface area contributed by atoms with Gasteiger partial charge in [-0.15, -0.1) is 0 Å². The van der Waals surface area contributed by atoms with E-state index in [1.54, 1.807) is 23.9 Å². The van der Waals surface area contributed by atoms with Crippen molar-refractivity contribution >= 4 is 17.8 Å². The first kappa shape index (κ1) is 22.1. The summed E-state index contributed by atoms with van der Waals surface area (Å²) in [6.45, 7) is 6.04. The van der Waals surface area contributed by atoms with Crippen molar-refractivity contribution in [2.45, 2.75) is 58.5 Å². The minimum atomic E-state index is -0.0754. The average Bonchev–Trinajstić information content (AvgIpc) is 2.94. The van der Waals surface area contributed by atoms with Gasteiger partial charge in [-0.2, -0.15) is 0 Å². The molecule has 0 spiro atoms. The van der Waals surface area contributed by atoms with Crippen molar-refractivity contribution in [3.8, 4) is 0 Å². The van der Waals surface area contributed by atoms with Crippen LogP contribution >= 0.6 is 0 Å². The standard InChI is InChI=1S/C21H33N5O4/c1-14-18(15(2)30-23-14)13-26-12-9-17(5-6-19(26)27)22-20(28)16-7-10-25(11-8-16)21(29)24(3)4/h16-17H,5-13H2,1-4H3,(H,22,28). The van der Waals surface area contributed by atoms with Crippen LogP contribution in [-0.4, -0.2) is 77.5 Å². The van der Waals surface area contributed by atoms with Gasteiger partial charge in [0.25, 0.3) is 0 Å². The number of aryl methyl sites for hydroxylation is 2. The molecular weight excluding hydrogens is 386 g/mol. The van der Waals surface area contributed by atoms with E-state index in [1.807, 2.05) is 18.7 Å².